The Kier molecular flexibility index (Phi) is 3.71. The summed E-state index contributed by atoms with van der Waals surface area (Å²) in [5.74, 6) is 0.624. The quantitative estimate of drug-likeness (QED) is 0.681. The van der Waals surface area contributed by atoms with E-state index in [1.54, 1.807) is 0 Å². The summed E-state index contributed by atoms with van der Waals surface area (Å²) in [4.78, 5) is 4.26. The van der Waals surface area contributed by atoms with E-state index in [1.165, 1.54) is 5.56 Å². The van der Waals surface area contributed by atoms with Crippen LogP contribution in [0.25, 0.3) is 0 Å². The van der Waals surface area contributed by atoms with Crippen molar-refractivity contribution in [3.63, 3.8) is 0 Å². The average molecular weight is 179 g/mol. The molecule has 0 saturated carbocycles. The van der Waals surface area contributed by atoms with Crippen LogP contribution in [0.15, 0.2) is 12.1 Å². The van der Waals surface area contributed by atoms with Crippen LogP contribution in [-0.2, 0) is 6.42 Å². The van der Waals surface area contributed by atoms with Gasteiger partial charge in [0.05, 0.1) is 0 Å². The molecule has 0 radical (unpaired) electrons. The Hall–Kier alpha value is -1.09. The van der Waals surface area contributed by atoms with Gasteiger partial charge in [-0.15, -0.1) is 0 Å². The van der Waals surface area contributed by atoms with E-state index in [0.29, 0.717) is 5.82 Å². The van der Waals surface area contributed by atoms with Crippen molar-refractivity contribution in [2.75, 3.05) is 19.3 Å². The van der Waals surface area contributed by atoms with E-state index in [0.717, 1.165) is 25.1 Å². The lowest BCUT2D eigenvalue weighted by atomic mass is 10.1. The van der Waals surface area contributed by atoms with Crippen molar-refractivity contribution in [1.29, 1.82) is 0 Å². The van der Waals surface area contributed by atoms with Crippen LogP contribution in [0, 0.1) is 6.92 Å². The van der Waals surface area contributed by atoms with Crippen LogP contribution in [0.2, 0.25) is 0 Å². The van der Waals surface area contributed by atoms with Crippen molar-refractivity contribution >= 4 is 5.82 Å². The topological polar surface area (TPSA) is 50.9 Å². The van der Waals surface area contributed by atoms with Gasteiger partial charge in [-0.05, 0) is 51.1 Å². The molecule has 0 saturated heterocycles. The Morgan fingerprint density at radius 3 is 2.85 bits per heavy atom. The number of hydrogen-bond acceptors (Lipinski definition) is 3. The minimum Gasteiger partial charge on any atom is -0.384 e. The summed E-state index contributed by atoms with van der Waals surface area (Å²) in [6.45, 7) is 3.06. The highest BCUT2D eigenvalue weighted by molar-refractivity contribution is 5.34. The predicted octanol–water partition coefficient (Wildman–Crippen LogP) is 1.12. The van der Waals surface area contributed by atoms with Gasteiger partial charge < -0.3 is 11.1 Å². The Morgan fingerprint density at radius 2 is 2.23 bits per heavy atom. The maximum absolute atomic E-state index is 5.64. The molecule has 1 aromatic rings. The number of rotatable bonds is 4. The molecule has 0 aliphatic carbocycles. The third-order valence-corrected chi connectivity index (χ3v) is 1.90. The maximum atomic E-state index is 5.64. The molecule has 3 nitrogen and oxygen atoms in total. The van der Waals surface area contributed by atoms with Crippen LogP contribution in [0.3, 0.4) is 0 Å². The summed E-state index contributed by atoms with van der Waals surface area (Å²) in [5.41, 5.74) is 7.91. The fourth-order valence-electron chi connectivity index (χ4n) is 1.34. The number of pyridine rings is 1. The molecule has 1 heterocycles. The lowest BCUT2D eigenvalue weighted by molar-refractivity contribution is 0.715. The van der Waals surface area contributed by atoms with Gasteiger partial charge in [-0.1, -0.05) is 0 Å². The fraction of sp³-hybridized carbons (Fsp3) is 0.500. The predicted molar refractivity (Wildman–Crippen MR) is 55.6 cm³/mol. The molecule has 72 valence electrons. The lowest BCUT2D eigenvalue weighted by Crippen LogP contribution is -2.09. The SMILES string of the molecule is CNCCCc1cc(C)cc(N)n1. The first-order valence-corrected chi connectivity index (χ1v) is 4.60. The van der Waals surface area contributed by atoms with Gasteiger partial charge in [-0.25, -0.2) is 4.98 Å². The molecule has 3 N–H and O–H groups in total. The van der Waals surface area contributed by atoms with Gasteiger partial charge in [-0.3, -0.25) is 0 Å². The van der Waals surface area contributed by atoms with E-state index in [-0.39, 0.29) is 0 Å². The van der Waals surface area contributed by atoms with Crippen LogP contribution in [-0.4, -0.2) is 18.6 Å². The van der Waals surface area contributed by atoms with E-state index in [9.17, 15) is 0 Å². The molecule has 1 rings (SSSR count). The van der Waals surface area contributed by atoms with E-state index in [1.807, 2.05) is 20.0 Å². The molecule has 0 aliphatic heterocycles. The molecule has 0 spiro atoms. The van der Waals surface area contributed by atoms with Crippen molar-refractivity contribution in [3.8, 4) is 0 Å². The minimum absolute atomic E-state index is 0.624. The summed E-state index contributed by atoms with van der Waals surface area (Å²) in [7, 11) is 1.96. The second kappa shape index (κ2) is 4.82. The van der Waals surface area contributed by atoms with Gasteiger partial charge in [0.1, 0.15) is 5.82 Å². The number of aromatic nitrogens is 1. The summed E-state index contributed by atoms with van der Waals surface area (Å²) in [6, 6.07) is 3.98. The first-order chi connectivity index (χ1) is 6.22. The summed E-state index contributed by atoms with van der Waals surface area (Å²) in [5, 5.41) is 3.11. The van der Waals surface area contributed by atoms with Crippen molar-refractivity contribution in [2.45, 2.75) is 19.8 Å². The Morgan fingerprint density at radius 1 is 1.46 bits per heavy atom. The number of nitrogens with zero attached hydrogens (tertiary/aromatic N) is 1. The smallest absolute Gasteiger partial charge is 0.123 e. The first-order valence-electron chi connectivity index (χ1n) is 4.60. The highest BCUT2D eigenvalue weighted by Crippen LogP contribution is 2.07. The number of anilines is 1. The molecule has 0 fully saturated rings. The zero-order valence-electron chi connectivity index (χ0n) is 8.30. The van der Waals surface area contributed by atoms with Crippen LogP contribution >= 0.6 is 0 Å². The number of aryl methyl sites for hydroxylation is 2. The second-order valence-electron chi connectivity index (χ2n) is 3.27. The normalized spacial score (nSPS) is 10.3. The molecule has 0 aromatic carbocycles. The monoisotopic (exact) mass is 179 g/mol. The standard InChI is InChI=1S/C10H17N3/c1-8-6-9(4-3-5-12-2)13-10(11)7-8/h6-7,12H,3-5H2,1-2H3,(H2,11,13). The second-order valence-corrected chi connectivity index (χ2v) is 3.27. The number of hydrogen-bond donors (Lipinski definition) is 2. The van der Waals surface area contributed by atoms with Gasteiger partial charge in [0, 0.05) is 5.69 Å². The third-order valence-electron chi connectivity index (χ3n) is 1.90. The molecule has 0 bridgehead atoms. The largest absolute Gasteiger partial charge is 0.384 e. The van der Waals surface area contributed by atoms with Gasteiger partial charge in [0.25, 0.3) is 0 Å². The van der Waals surface area contributed by atoms with Gasteiger partial charge in [0.15, 0.2) is 0 Å². The van der Waals surface area contributed by atoms with Gasteiger partial charge in [-0.2, -0.15) is 0 Å². The molecule has 1 aromatic heterocycles. The highest BCUT2D eigenvalue weighted by atomic mass is 14.8. The first kappa shape index (κ1) is 9.99. The minimum atomic E-state index is 0.624. The molecule has 0 unspecified atom stereocenters. The van der Waals surface area contributed by atoms with E-state index < -0.39 is 0 Å². The molecule has 0 aliphatic rings. The lowest BCUT2D eigenvalue weighted by Gasteiger charge is -2.03. The molecule has 0 amide bonds. The van der Waals surface area contributed by atoms with Crippen molar-refractivity contribution in [3.05, 3.63) is 23.4 Å². The zero-order chi connectivity index (χ0) is 9.68. The third kappa shape index (κ3) is 3.42. The fourth-order valence-corrected chi connectivity index (χ4v) is 1.34. The molecule has 0 atom stereocenters. The highest BCUT2D eigenvalue weighted by Gasteiger charge is 1.97. The number of nitrogen functional groups attached to an aromatic ring is 1. The number of nitrogens with one attached hydrogen (secondary N) is 1. The van der Waals surface area contributed by atoms with Crippen LogP contribution < -0.4 is 11.1 Å². The van der Waals surface area contributed by atoms with Gasteiger partial charge in [0.2, 0.25) is 0 Å². The van der Waals surface area contributed by atoms with E-state index >= 15 is 0 Å². The maximum Gasteiger partial charge on any atom is 0.123 e. The van der Waals surface area contributed by atoms with Crippen LogP contribution in [0.1, 0.15) is 17.7 Å². The Labute approximate surface area is 79.4 Å². The molecular formula is C10H17N3. The molecule has 3 heteroatoms. The summed E-state index contributed by atoms with van der Waals surface area (Å²) in [6.07, 6.45) is 2.10. The van der Waals surface area contributed by atoms with Gasteiger partial charge >= 0.3 is 0 Å². The zero-order valence-corrected chi connectivity index (χ0v) is 8.30. The number of nitrogens with two attached hydrogens (primary N) is 1. The van der Waals surface area contributed by atoms with Crippen LogP contribution in [0.4, 0.5) is 5.82 Å². The molecular weight excluding hydrogens is 162 g/mol. The van der Waals surface area contributed by atoms with Crippen molar-refractivity contribution < 1.29 is 0 Å². The molecule has 13 heavy (non-hydrogen) atoms. The Bertz CT molecular complexity index is 251. The summed E-state index contributed by atoms with van der Waals surface area (Å²) < 4.78 is 0. The van der Waals surface area contributed by atoms with Crippen molar-refractivity contribution in [1.82, 2.24) is 10.3 Å². The van der Waals surface area contributed by atoms with Crippen molar-refractivity contribution in [2.24, 2.45) is 0 Å². The Balaban J connectivity index is 2.56. The average Bonchev–Trinajstić information content (AvgIpc) is 2.03. The van der Waals surface area contributed by atoms with E-state index in [2.05, 4.69) is 16.4 Å². The van der Waals surface area contributed by atoms with Crippen LogP contribution in [0.5, 0.6) is 0 Å². The summed E-state index contributed by atoms with van der Waals surface area (Å²) >= 11 is 0. The van der Waals surface area contributed by atoms with E-state index in [4.69, 9.17) is 5.73 Å².